The quantitative estimate of drug-likeness (QED) is 0.213. The number of nitriles is 2. The Labute approximate surface area is 316 Å². The molecule has 2 aromatic carbocycles. The Hall–Kier alpha value is -4.23. The SMILES string of the molecule is C=C1CCC(C(C)=O)(C2CC2C#N)C1.N#CC1CC1C1(C(=O)NCc2cc(C(F)(F)F)cc(C(F)(F)F)c2)CCC(N2CCC(c3ccc(F)cc3)CC2)C1. The van der Waals surface area contributed by atoms with Gasteiger partial charge in [-0.15, -0.1) is 0 Å². The molecule has 7 unspecified atom stereocenters. The van der Waals surface area contributed by atoms with Crippen LogP contribution in [0.3, 0.4) is 0 Å². The first kappa shape index (κ1) is 40.4. The number of carbonyl (C=O) groups excluding carboxylic acids is 2. The predicted molar refractivity (Wildman–Crippen MR) is 189 cm³/mol. The fourth-order valence-corrected chi connectivity index (χ4v) is 9.68. The first-order chi connectivity index (χ1) is 25.9. The maximum atomic E-state index is 13.6. The van der Waals surface area contributed by atoms with Crippen molar-refractivity contribution in [3.8, 4) is 12.1 Å². The third-order valence-electron chi connectivity index (χ3n) is 13.0. The second-order valence-corrected chi connectivity index (χ2v) is 16.3. The van der Waals surface area contributed by atoms with Crippen LogP contribution in [0.5, 0.6) is 0 Å². The summed E-state index contributed by atoms with van der Waals surface area (Å²) in [6, 6.07) is 12.4. The first-order valence-electron chi connectivity index (χ1n) is 18.9. The number of hydrogen-bond donors (Lipinski definition) is 1. The lowest BCUT2D eigenvalue weighted by atomic mass is 9.76. The molecule has 4 aliphatic carbocycles. The molecule has 13 heteroatoms. The van der Waals surface area contributed by atoms with E-state index in [2.05, 4.69) is 28.9 Å². The van der Waals surface area contributed by atoms with Crippen molar-refractivity contribution < 1.29 is 40.3 Å². The van der Waals surface area contributed by atoms with Gasteiger partial charge in [0.05, 0.1) is 40.5 Å². The highest BCUT2D eigenvalue weighted by molar-refractivity contribution is 5.84. The van der Waals surface area contributed by atoms with E-state index in [1.54, 1.807) is 19.1 Å². The number of alkyl halides is 6. The molecule has 6 nitrogen and oxygen atoms in total. The summed E-state index contributed by atoms with van der Waals surface area (Å²) in [5, 5.41) is 20.9. The Morgan fingerprint density at radius 3 is 1.91 bits per heavy atom. The van der Waals surface area contributed by atoms with Gasteiger partial charge in [0, 0.05) is 18.0 Å². The van der Waals surface area contributed by atoms with Gasteiger partial charge in [0.25, 0.3) is 0 Å². The van der Waals surface area contributed by atoms with Gasteiger partial charge in [0.2, 0.25) is 5.91 Å². The highest BCUT2D eigenvalue weighted by atomic mass is 19.4. The van der Waals surface area contributed by atoms with Crippen LogP contribution in [0.15, 0.2) is 54.6 Å². The fourth-order valence-electron chi connectivity index (χ4n) is 9.68. The second kappa shape index (κ2) is 15.4. The number of piperidine rings is 1. The summed E-state index contributed by atoms with van der Waals surface area (Å²) in [5.74, 6) is -0.170. The third-order valence-corrected chi connectivity index (χ3v) is 13.0. The van der Waals surface area contributed by atoms with Crippen molar-refractivity contribution in [2.75, 3.05) is 13.1 Å². The summed E-state index contributed by atoms with van der Waals surface area (Å²) in [7, 11) is 0. The van der Waals surface area contributed by atoms with E-state index in [0.29, 0.717) is 49.7 Å². The van der Waals surface area contributed by atoms with Gasteiger partial charge < -0.3 is 10.2 Å². The number of nitrogens with one attached hydrogen (secondary N) is 1. The molecule has 55 heavy (non-hydrogen) atoms. The molecule has 5 aliphatic rings. The number of halogens is 7. The number of nitrogens with zero attached hydrogens (tertiary/aromatic N) is 3. The first-order valence-corrected chi connectivity index (χ1v) is 18.9. The Balaban J connectivity index is 0.000000307. The van der Waals surface area contributed by atoms with E-state index in [1.807, 2.05) is 0 Å². The molecule has 2 aromatic rings. The normalized spacial score (nSPS) is 30.8. The molecule has 0 aromatic heterocycles. The smallest absolute Gasteiger partial charge is 0.352 e. The average Bonchev–Trinajstić information content (AvgIpc) is 4.04. The van der Waals surface area contributed by atoms with Crippen LogP contribution in [0.4, 0.5) is 30.7 Å². The Morgan fingerprint density at radius 2 is 1.44 bits per heavy atom. The van der Waals surface area contributed by atoms with Crippen LogP contribution in [-0.2, 0) is 28.5 Å². The lowest BCUT2D eigenvalue weighted by Gasteiger charge is -2.37. The number of benzene rings is 2. The molecule has 1 saturated heterocycles. The predicted octanol–water partition coefficient (Wildman–Crippen LogP) is 9.52. The molecule has 1 amide bonds. The molecule has 1 N–H and O–H groups in total. The van der Waals surface area contributed by atoms with Gasteiger partial charge in [-0.2, -0.15) is 36.9 Å². The van der Waals surface area contributed by atoms with Crippen molar-refractivity contribution in [1.82, 2.24) is 10.2 Å². The highest BCUT2D eigenvalue weighted by Gasteiger charge is 2.60. The topological polar surface area (TPSA) is 97.0 Å². The van der Waals surface area contributed by atoms with Gasteiger partial charge in [-0.3, -0.25) is 9.59 Å². The third kappa shape index (κ3) is 8.62. The fraction of sp³-hybridized carbons (Fsp3) is 0.571. The number of allylic oxidation sites excluding steroid dienone is 1. The summed E-state index contributed by atoms with van der Waals surface area (Å²) in [4.78, 5) is 27.7. The molecule has 5 fully saturated rings. The van der Waals surface area contributed by atoms with Crippen LogP contribution in [0.25, 0.3) is 0 Å². The Morgan fingerprint density at radius 1 is 0.873 bits per heavy atom. The van der Waals surface area contributed by atoms with E-state index in [4.69, 9.17) is 5.26 Å². The van der Waals surface area contributed by atoms with Crippen molar-refractivity contribution in [2.45, 2.75) is 102 Å². The van der Waals surface area contributed by atoms with E-state index in [-0.39, 0.29) is 52.4 Å². The van der Waals surface area contributed by atoms with Gasteiger partial charge in [-0.1, -0.05) is 24.3 Å². The molecule has 1 heterocycles. The number of Topliss-reactive ketones (excluding diaryl/α,β-unsaturated/α-hetero) is 1. The van der Waals surface area contributed by atoms with Gasteiger partial charge in [-0.25, -0.2) is 4.39 Å². The second-order valence-electron chi connectivity index (χ2n) is 16.3. The van der Waals surface area contributed by atoms with E-state index in [9.17, 15) is 45.6 Å². The number of carbonyl (C=O) groups is 2. The largest absolute Gasteiger partial charge is 0.416 e. The molecule has 0 radical (unpaired) electrons. The lowest BCUT2D eigenvalue weighted by Crippen LogP contribution is -2.44. The standard InChI is InChI=1S/C30H30F7N3O.C12H15NO/c31-24-3-1-19(2-4-24)20-6-9-40(10-7-20)25-5-8-28(15-25,26-13-21(26)16-38)27(41)39-17-18-11-22(29(32,33)34)14-23(12-18)30(35,36)37;1-8-3-4-12(6-8,9(2)14)11-5-10(11)7-13/h1-4,11-12,14,20-21,25-26H,5-10,13,15,17H2,(H,39,41);10-11H,1,3-6H2,2H3. The van der Waals surface area contributed by atoms with Crippen LogP contribution < -0.4 is 5.32 Å². The molecular weight excluding hydrogens is 725 g/mol. The van der Waals surface area contributed by atoms with Gasteiger partial charge in [-0.05, 0) is 143 Å². The van der Waals surface area contributed by atoms with Gasteiger partial charge >= 0.3 is 12.4 Å². The summed E-state index contributed by atoms with van der Waals surface area (Å²) in [6.07, 6.45) is -2.32. The monoisotopic (exact) mass is 770 g/mol. The van der Waals surface area contributed by atoms with E-state index in [0.717, 1.165) is 57.2 Å². The molecule has 0 bridgehead atoms. The Bertz CT molecular complexity index is 1840. The number of hydrogen-bond acceptors (Lipinski definition) is 5. The minimum atomic E-state index is -4.97. The molecule has 7 atom stereocenters. The van der Waals surface area contributed by atoms with Crippen LogP contribution in [0, 0.1) is 63.0 Å². The molecule has 0 spiro atoms. The number of ketones is 1. The van der Waals surface area contributed by atoms with Crippen molar-refractivity contribution in [2.24, 2.45) is 34.5 Å². The minimum absolute atomic E-state index is 0.0648. The van der Waals surface area contributed by atoms with E-state index >= 15 is 0 Å². The van der Waals surface area contributed by atoms with Crippen molar-refractivity contribution in [3.63, 3.8) is 0 Å². The summed E-state index contributed by atoms with van der Waals surface area (Å²) in [6.45, 7) is 6.73. The van der Waals surface area contributed by atoms with Crippen molar-refractivity contribution in [3.05, 3.63) is 82.7 Å². The van der Waals surface area contributed by atoms with Gasteiger partial charge in [0.1, 0.15) is 11.6 Å². The van der Waals surface area contributed by atoms with Crippen molar-refractivity contribution in [1.29, 1.82) is 10.5 Å². The number of amides is 1. The van der Waals surface area contributed by atoms with Gasteiger partial charge in [0.15, 0.2) is 0 Å². The van der Waals surface area contributed by atoms with Crippen LogP contribution in [-0.4, -0.2) is 35.7 Å². The average molecular weight is 771 g/mol. The van der Waals surface area contributed by atoms with E-state index in [1.165, 1.54) is 17.7 Å². The van der Waals surface area contributed by atoms with Crippen molar-refractivity contribution >= 4 is 11.7 Å². The number of likely N-dealkylation sites (tertiary alicyclic amines) is 1. The molecule has 4 saturated carbocycles. The van der Waals surface area contributed by atoms with Crippen LogP contribution in [0.2, 0.25) is 0 Å². The molecule has 294 valence electrons. The van der Waals surface area contributed by atoms with Crippen LogP contribution in [0.1, 0.15) is 99.3 Å². The molecule has 1 aliphatic heterocycles. The van der Waals surface area contributed by atoms with E-state index < -0.39 is 41.3 Å². The number of rotatable bonds is 8. The summed E-state index contributed by atoms with van der Waals surface area (Å²) in [5.41, 5.74) is -1.98. The Kier molecular flexibility index (Phi) is 11.3. The molecule has 7 rings (SSSR count). The highest BCUT2D eigenvalue weighted by Crippen LogP contribution is 2.60. The minimum Gasteiger partial charge on any atom is -0.352 e. The lowest BCUT2D eigenvalue weighted by molar-refractivity contribution is -0.143. The van der Waals surface area contributed by atoms with Crippen LogP contribution >= 0.6 is 0 Å². The maximum absolute atomic E-state index is 13.6. The zero-order chi connectivity index (χ0) is 39.9. The summed E-state index contributed by atoms with van der Waals surface area (Å²) >= 11 is 0. The maximum Gasteiger partial charge on any atom is 0.416 e. The zero-order valence-corrected chi connectivity index (χ0v) is 30.7. The summed E-state index contributed by atoms with van der Waals surface area (Å²) < 4.78 is 93.0. The zero-order valence-electron chi connectivity index (χ0n) is 30.7. The molecular formula is C42H45F7N4O2.